The first-order chi connectivity index (χ1) is 13.1. The van der Waals surface area contributed by atoms with Crippen LogP contribution >= 0.6 is 11.6 Å². The molecule has 1 aromatic rings. The van der Waals surface area contributed by atoms with Crippen LogP contribution < -0.4 is 20.7 Å². The van der Waals surface area contributed by atoms with E-state index in [4.69, 9.17) is 16.3 Å². The summed E-state index contributed by atoms with van der Waals surface area (Å²) in [6.45, 7) is 10.4. The molecule has 2 aliphatic heterocycles. The summed E-state index contributed by atoms with van der Waals surface area (Å²) in [4.78, 5) is 12.8. The number of carbonyl (C=O) groups excluding carboxylic acids is 1. The Hall–Kier alpha value is -1.30. The lowest BCUT2D eigenvalue weighted by Crippen LogP contribution is -2.62. The first kappa shape index (κ1) is 21.4. The highest BCUT2D eigenvalue weighted by Crippen LogP contribution is 2.29. The van der Waals surface area contributed by atoms with Crippen molar-refractivity contribution in [2.24, 2.45) is 0 Å². The largest absolute Gasteiger partial charge is 0.490 e. The molecule has 0 saturated carbocycles. The van der Waals surface area contributed by atoms with Crippen molar-refractivity contribution < 1.29 is 9.53 Å². The third-order valence-electron chi connectivity index (χ3n) is 5.57. The zero-order valence-electron chi connectivity index (χ0n) is 17.5. The number of halogens is 1. The maximum atomic E-state index is 12.8. The molecule has 28 heavy (non-hydrogen) atoms. The minimum Gasteiger partial charge on any atom is -0.490 e. The van der Waals surface area contributed by atoms with Gasteiger partial charge in [-0.3, -0.25) is 4.79 Å². The van der Waals surface area contributed by atoms with Gasteiger partial charge in [-0.2, -0.15) is 0 Å². The number of ether oxygens (including phenoxy) is 1. The van der Waals surface area contributed by atoms with E-state index in [1.54, 1.807) is 18.2 Å². The first-order valence-electron chi connectivity index (χ1n) is 10.4. The van der Waals surface area contributed by atoms with Crippen molar-refractivity contribution in [3.05, 3.63) is 28.8 Å². The molecule has 0 radical (unpaired) electrons. The maximum absolute atomic E-state index is 12.8. The van der Waals surface area contributed by atoms with Gasteiger partial charge in [-0.15, -0.1) is 0 Å². The Kier molecular flexibility index (Phi) is 6.58. The van der Waals surface area contributed by atoms with Crippen molar-refractivity contribution in [1.29, 1.82) is 0 Å². The highest BCUT2D eigenvalue weighted by molar-refractivity contribution is 6.32. The van der Waals surface area contributed by atoms with Gasteiger partial charge >= 0.3 is 0 Å². The van der Waals surface area contributed by atoms with Crippen LogP contribution in [0.1, 0.15) is 70.2 Å². The smallest absolute Gasteiger partial charge is 0.251 e. The van der Waals surface area contributed by atoms with E-state index in [1.165, 1.54) is 12.8 Å². The molecule has 1 amide bonds. The van der Waals surface area contributed by atoms with Crippen molar-refractivity contribution in [2.75, 3.05) is 13.2 Å². The van der Waals surface area contributed by atoms with E-state index in [9.17, 15) is 4.79 Å². The maximum Gasteiger partial charge on any atom is 0.251 e. The van der Waals surface area contributed by atoms with Crippen molar-refractivity contribution in [1.82, 2.24) is 16.0 Å². The molecule has 0 spiro atoms. The summed E-state index contributed by atoms with van der Waals surface area (Å²) < 4.78 is 5.88. The zero-order chi connectivity index (χ0) is 20.4. The molecule has 0 bridgehead atoms. The molecule has 0 aliphatic carbocycles. The molecule has 3 rings (SSSR count). The fraction of sp³-hybridized carbons (Fsp3) is 0.682. The van der Waals surface area contributed by atoms with E-state index in [0.717, 1.165) is 25.8 Å². The molecule has 1 aromatic carbocycles. The predicted octanol–water partition coefficient (Wildman–Crippen LogP) is 3.90. The van der Waals surface area contributed by atoms with Gasteiger partial charge in [-0.25, -0.2) is 0 Å². The molecule has 6 heteroatoms. The van der Waals surface area contributed by atoms with Crippen molar-refractivity contribution in [3.63, 3.8) is 0 Å². The van der Waals surface area contributed by atoms with Crippen LogP contribution in [0.3, 0.4) is 0 Å². The Bertz CT molecular complexity index is 683. The normalized spacial score (nSPS) is 24.5. The van der Waals surface area contributed by atoms with Gasteiger partial charge in [-0.05, 0) is 78.1 Å². The summed E-state index contributed by atoms with van der Waals surface area (Å²) in [7, 11) is 0. The summed E-state index contributed by atoms with van der Waals surface area (Å²) >= 11 is 6.39. The Morgan fingerprint density at radius 2 is 1.93 bits per heavy atom. The molecule has 1 unspecified atom stereocenters. The standard InChI is InChI=1S/C22H34ClN3O2/c1-21(2)12-17(13-22(3,4)26-21)25-20(27)15-8-9-19(18(23)11-15)28-14-16-7-5-6-10-24-16/h8-9,11,16-17,24,26H,5-7,10,12-14H2,1-4H3,(H,25,27). The number of amides is 1. The minimum absolute atomic E-state index is 0.0117. The highest BCUT2D eigenvalue weighted by Gasteiger charge is 2.38. The van der Waals surface area contributed by atoms with Crippen LogP contribution in [-0.2, 0) is 0 Å². The molecule has 156 valence electrons. The van der Waals surface area contributed by atoms with Crippen LogP contribution in [0.5, 0.6) is 5.75 Å². The Labute approximate surface area is 173 Å². The summed E-state index contributed by atoms with van der Waals surface area (Å²) in [5.74, 6) is 0.552. The lowest BCUT2D eigenvalue weighted by molar-refractivity contribution is 0.0873. The third kappa shape index (κ3) is 5.85. The molecule has 2 fully saturated rings. The van der Waals surface area contributed by atoms with Crippen molar-refractivity contribution >= 4 is 17.5 Å². The second-order valence-corrected chi connectivity index (χ2v) is 9.98. The summed E-state index contributed by atoms with van der Waals surface area (Å²) in [6.07, 6.45) is 5.38. The van der Waals surface area contributed by atoms with Crippen LogP contribution in [0.2, 0.25) is 5.02 Å². The number of piperidine rings is 2. The Morgan fingerprint density at radius 3 is 2.54 bits per heavy atom. The van der Waals surface area contributed by atoms with Gasteiger partial charge in [0.15, 0.2) is 0 Å². The second kappa shape index (κ2) is 8.60. The monoisotopic (exact) mass is 407 g/mol. The van der Waals surface area contributed by atoms with Crippen LogP contribution in [0, 0.1) is 0 Å². The first-order valence-corrected chi connectivity index (χ1v) is 10.8. The van der Waals surface area contributed by atoms with Gasteiger partial charge in [0.05, 0.1) is 5.02 Å². The Morgan fingerprint density at radius 1 is 1.21 bits per heavy atom. The lowest BCUT2D eigenvalue weighted by Gasteiger charge is -2.46. The molecule has 2 heterocycles. The van der Waals surface area contributed by atoms with E-state index < -0.39 is 0 Å². The molecule has 3 N–H and O–H groups in total. The number of benzene rings is 1. The van der Waals surface area contributed by atoms with Crippen LogP contribution in [0.4, 0.5) is 0 Å². The predicted molar refractivity (Wildman–Crippen MR) is 114 cm³/mol. The molecule has 2 saturated heterocycles. The molecular weight excluding hydrogens is 374 g/mol. The molecule has 2 aliphatic rings. The van der Waals surface area contributed by atoms with Crippen LogP contribution in [-0.4, -0.2) is 42.2 Å². The zero-order valence-corrected chi connectivity index (χ0v) is 18.3. The SMILES string of the molecule is CC1(C)CC(NC(=O)c2ccc(OCC3CCCCN3)c(Cl)c2)CC(C)(C)N1. The van der Waals surface area contributed by atoms with Crippen molar-refractivity contribution in [3.8, 4) is 5.75 Å². The second-order valence-electron chi connectivity index (χ2n) is 9.57. The topological polar surface area (TPSA) is 62.4 Å². The molecule has 1 atom stereocenters. The number of rotatable bonds is 5. The van der Waals surface area contributed by atoms with Gasteiger partial charge < -0.3 is 20.7 Å². The lowest BCUT2D eigenvalue weighted by atomic mass is 9.79. The van der Waals surface area contributed by atoms with Gasteiger partial charge in [-0.1, -0.05) is 18.0 Å². The molecular formula is C22H34ClN3O2. The van der Waals surface area contributed by atoms with Gasteiger partial charge in [0.2, 0.25) is 0 Å². The van der Waals surface area contributed by atoms with Crippen LogP contribution in [0.25, 0.3) is 0 Å². The van der Waals surface area contributed by atoms with Gasteiger partial charge in [0, 0.05) is 28.7 Å². The number of nitrogens with one attached hydrogen (secondary N) is 3. The van der Waals surface area contributed by atoms with Crippen molar-refractivity contribution in [2.45, 2.75) is 83.0 Å². The van der Waals surface area contributed by atoms with E-state index >= 15 is 0 Å². The van der Waals surface area contributed by atoms with E-state index in [0.29, 0.717) is 29.0 Å². The van der Waals surface area contributed by atoms with Crippen LogP contribution in [0.15, 0.2) is 18.2 Å². The quantitative estimate of drug-likeness (QED) is 0.692. The average molecular weight is 408 g/mol. The van der Waals surface area contributed by atoms with E-state index in [2.05, 4.69) is 43.6 Å². The molecule has 0 aromatic heterocycles. The average Bonchev–Trinajstić information content (AvgIpc) is 2.58. The van der Waals surface area contributed by atoms with Gasteiger partial charge in [0.25, 0.3) is 5.91 Å². The Balaban J connectivity index is 1.58. The summed E-state index contributed by atoms with van der Waals surface area (Å²) in [6, 6.07) is 5.81. The fourth-order valence-corrected chi connectivity index (χ4v) is 4.94. The molecule has 5 nitrogen and oxygen atoms in total. The van der Waals surface area contributed by atoms with Gasteiger partial charge in [0.1, 0.15) is 12.4 Å². The number of carbonyl (C=O) groups is 1. The third-order valence-corrected chi connectivity index (χ3v) is 5.87. The van der Waals surface area contributed by atoms with E-state index in [-0.39, 0.29) is 23.0 Å². The highest BCUT2D eigenvalue weighted by atomic mass is 35.5. The summed E-state index contributed by atoms with van der Waals surface area (Å²) in [5.41, 5.74) is 0.548. The minimum atomic E-state index is -0.0825. The summed E-state index contributed by atoms with van der Waals surface area (Å²) in [5, 5.41) is 10.8. The van der Waals surface area contributed by atoms with E-state index in [1.807, 2.05) is 0 Å². The fourth-order valence-electron chi connectivity index (χ4n) is 4.71. The number of hydrogen-bond acceptors (Lipinski definition) is 4. The number of hydrogen-bond donors (Lipinski definition) is 3.